The topological polar surface area (TPSA) is 46.2 Å². The Balaban J connectivity index is 0.00000128. The molecule has 1 aromatic rings. The van der Waals surface area contributed by atoms with Crippen LogP contribution in [0.3, 0.4) is 0 Å². The highest BCUT2D eigenvalue weighted by molar-refractivity contribution is 5.85. The maximum absolute atomic E-state index is 9.45. The van der Waals surface area contributed by atoms with E-state index in [0.717, 1.165) is 11.1 Å². The van der Waals surface area contributed by atoms with Crippen molar-refractivity contribution in [3.8, 4) is 5.75 Å². The Kier molecular flexibility index (Phi) is 4.63. The first-order valence-electron chi connectivity index (χ1n) is 5.73. The van der Waals surface area contributed by atoms with Crippen LogP contribution in [0.2, 0.25) is 0 Å². The quantitative estimate of drug-likeness (QED) is 0.835. The first-order chi connectivity index (χ1) is 7.18. The molecule has 1 aliphatic carbocycles. The average Bonchev–Trinajstić information content (AvgIpc) is 2.74. The third-order valence-electron chi connectivity index (χ3n) is 3.51. The Morgan fingerprint density at radius 3 is 2.50 bits per heavy atom. The molecule has 16 heavy (non-hydrogen) atoms. The molecule has 0 heterocycles. The smallest absolute Gasteiger partial charge is 0.118 e. The first-order valence-corrected chi connectivity index (χ1v) is 5.73. The Bertz CT molecular complexity index is 348. The van der Waals surface area contributed by atoms with Gasteiger partial charge in [0.05, 0.1) is 0 Å². The lowest BCUT2D eigenvalue weighted by Gasteiger charge is -2.19. The molecule has 1 aromatic carbocycles. The predicted octanol–water partition coefficient (Wildman–Crippen LogP) is 3.31. The molecular weight excluding hydrogens is 222 g/mol. The summed E-state index contributed by atoms with van der Waals surface area (Å²) in [4.78, 5) is 0. The molecule has 0 radical (unpaired) electrons. The predicted molar refractivity (Wildman–Crippen MR) is 69.0 cm³/mol. The van der Waals surface area contributed by atoms with E-state index in [1.165, 1.54) is 25.7 Å². The van der Waals surface area contributed by atoms with E-state index in [0.29, 0.717) is 11.7 Å². The second-order valence-electron chi connectivity index (χ2n) is 4.62. The van der Waals surface area contributed by atoms with Gasteiger partial charge in [0.15, 0.2) is 0 Å². The van der Waals surface area contributed by atoms with Crippen molar-refractivity contribution in [1.29, 1.82) is 0 Å². The first kappa shape index (κ1) is 13.3. The van der Waals surface area contributed by atoms with Crippen molar-refractivity contribution in [2.45, 2.75) is 38.6 Å². The maximum atomic E-state index is 9.45. The van der Waals surface area contributed by atoms with Gasteiger partial charge in [-0.25, -0.2) is 0 Å². The molecular formula is C13H20ClNO. The number of phenols is 1. The van der Waals surface area contributed by atoms with E-state index < -0.39 is 0 Å². The molecule has 0 amide bonds. The number of nitrogens with two attached hydrogens (primary N) is 1. The summed E-state index contributed by atoms with van der Waals surface area (Å²) in [6.45, 7) is 1.92. The second kappa shape index (κ2) is 5.55. The standard InChI is InChI=1S/C13H19NO.ClH/c1-9-8-11(6-7-12(9)15)13(14)10-4-2-3-5-10;/h6-8,10,13,15H,2-5,14H2,1H3;1H/t13-;/m0./s1. The van der Waals surface area contributed by atoms with Crippen LogP contribution in [0.25, 0.3) is 0 Å². The van der Waals surface area contributed by atoms with Crippen LogP contribution in [-0.4, -0.2) is 5.11 Å². The van der Waals surface area contributed by atoms with E-state index in [-0.39, 0.29) is 18.4 Å². The lowest BCUT2D eigenvalue weighted by atomic mass is 9.91. The molecule has 0 aromatic heterocycles. The number of hydrogen-bond donors (Lipinski definition) is 2. The molecule has 90 valence electrons. The van der Waals surface area contributed by atoms with Gasteiger partial charge in [-0.3, -0.25) is 0 Å². The minimum Gasteiger partial charge on any atom is -0.508 e. The molecule has 0 bridgehead atoms. The van der Waals surface area contributed by atoms with Crippen LogP contribution in [0.5, 0.6) is 5.75 Å². The minimum atomic E-state index is 0. The molecule has 0 unspecified atom stereocenters. The monoisotopic (exact) mass is 241 g/mol. The fourth-order valence-electron chi connectivity index (χ4n) is 2.47. The van der Waals surface area contributed by atoms with Gasteiger partial charge in [0.25, 0.3) is 0 Å². The zero-order chi connectivity index (χ0) is 10.8. The number of rotatable bonds is 2. The van der Waals surface area contributed by atoms with Crippen LogP contribution in [0, 0.1) is 12.8 Å². The Morgan fingerprint density at radius 2 is 1.94 bits per heavy atom. The molecule has 0 saturated heterocycles. The highest BCUT2D eigenvalue weighted by Crippen LogP contribution is 2.35. The van der Waals surface area contributed by atoms with E-state index in [9.17, 15) is 5.11 Å². The Hall–Kier alpha value is -0.730. The summed E-state index contributed by atoms with van der Waals surface area (Å²) in [5.74, 6) is 0.992. The minimum absolute atomic E-state index is 0. The Labute approximate surface area is 103 Å². The van der Waals surface area contributed by atoms with Gasteiger partial charge >= 0.3 is 0 Å². The normalized spacial score (nSPS) is 18.1. The van der Waals surface area contributed by atoms with Gasteiger partial charge in [0.1, 0.15) is 5.75 Å². The molecule has 1 aliphatic rings. The number of benzene rings is 1. The molecule has 3 heteroatoms. The third kappa shape index (κ3) is 2.69. The molecule has 0 spiro atoms. The summed E-state index contributed by atoms with van der Waals surface area (Å²) in [7, 11) is 0. The van der Waals surface area contributed by atoms with E-state index in [1.807, 2.05) is 19.1 Å². The zero-order valence-corrected chi connectivity index (χ0v) is 10.5. The fourth-order valence-corrected chi connectivity index (χ4v) is 2.47. The van der Waals surface area contributed by atoms with Crippen LogP contribution in [0.15, 0.2) is 18.2 Å². The summed E-state index contributed by atoms with van der Waals surface area (Å²) in [5.41, 5.74) is 8.32. The second-order valence-corrected chi connectivity index (χ2v) is 4.62. The van der Waals surface area contributed by atoms with Gasteiger partial charge in [-0.05, 0) is 42.9 Å². The van der Waals surface area contributed by atoms with Gasteiger partial charge in [-0.2, -0.15) is 0 Å². The van der Waals surface area contributed by atoms with E-state index >= 15 is 0 Å². The van der Waals surface area contributed by atoms with E-state index in [2.05, 4.69) is 0 Å². The molecule has 1 fully saturated rings. The molecule has 1 saturated carbocycles. The van der Waals surface area contributed by atoms with Crippen molar-refractivity contribution >= 4 is 12.4 Å². The fraction of sp³-hybridized carbons (Fsp3) is 0.538. The highest BCUT2D eigenvalue weighted by Gasteiger charge is 2.23. The number of phenolic OH excluding ortho intramolecular Hbond substituents is 1. The van der Waals surface area contributed by atoms with Gasteiger partial charge in [-0.1, -0.05) is 25.0 Å². The van der Waals surface area contributed by atoms with Crippen LogP contribution in [0.4, 0.5) is 0 Å². The van der Waals surface area contributed by atoms with Crippen LogP contribution >= 0.6 is 12.4 Å². The number of aromatic hydroxyl groups is 1. The van der Waals surface area contributed by atoms with Crippen LogP contribution < -0.4 is 5.73 Å². The zero-order valence-electron chi connectivity index (χ0n) is 9.65. The highest BCUT2D eigenvalue weighted by atomic mass is 35.5. The van der Waals surface area contributed by atoms with Gasteiger partial charge in [0.2, 0.25) is 0 Å². The number of hydrogen-bond acceptors (Lipinski definition) is 2. The summed E-state index contributed by atoms with van der Waals surface area (Å²) in [5, 5.41) is 9.45. The number of aryl methyl sites for hydroxylation is 1. The molecule has 2 rings (SSSR count). The molecule has 1 atom stereocenters. The molecule has 0 aliphatic heterocycles. The summed E-state index contributed by atoms with van der Waals surface area (Å²) >= 11 is 0. The van der Waals surface area contributed by atoms with Crippen molar-refractivity contribution in [2.24, 2.45) is 11.7 Å². The van der Waals surface area contributed by atoms with Crippen LogP contribution in [0.1, 0.15) is 42.9 Å². The van der Waals surface area contributed by atoms with E-state index in [4.69, 9.17) is 5.73 Å². The van der Waals surface area contributed by atoms with Gasteiger partial charge in [0, 0.05) is 6.04 Å². The Morgan fingerprint density at radius 1 is 1.31 bits per heavy atom. The van der Waals surface area contributed by atoms with Crippen molar-refractivity contribution in [2.75, 3.05) is 0 Å². The van der Waals surface area contributed by atoms with Crippen molar-refractivity contribution in [3.63, 3.8) is 0 Å². The lowest BCUT2D eigenvalue weighted by Crippen LogP contribution is -2.19. The van der Waals surface area contributed by atoms with Crippen molar-refractivity contribution in [3.05, 3.63) is 29.3 Å². The van der Waals surface area contributed by atoms with Gasteiger partial charge < -0.3 is 10.8 Å². The molecule has 2 nitrogen and oxygen atoms in total. The maximum Gasteiger partial charge on any atom is 0.118 e. The van der Waals surface area contributed by atoms with Crippen molar-refractivity contribution < 1.29 is 5.11 Å². The van der Waals surface area contributed by atoms with Gasteiger partial charge in [-0.15, -0.1) is 12.4 Å². The van der Waals surface area contributed by atoms with Crippen LogP contribution in [-0.2, 0) is 0 Å². The average molecular weight is 242 g/mol. The largest absolute Gasteiger partial charge is 0.508 e. The summed E-state index contributed by atoms with van der Waals surface area (Å²) in [6, 6.07) is 5.86. The van der Waals surface area contributed by atoms with Crippen molar-refractivity contribution in [1.82, 2.24) is 0 Å². The van der Waals surface area contributed by atoms with E-state index in [1.54, 1.807) is 6.07 Å². The number of halogens is 1. The summed E-state index contributed by atoms with van der Waals surface area (Å²) in [6.07, 6.45) is 5.13. The SMILES string of the molecule is Cc1cc([C@@H](N)C2CCCC2)ccc1O.Cl. The lowest BCUT2D eigenvalue weighted by molar-refractivity contribution is 0.442. The molecule has 3 N–H and O–H groups in total. The summed E-state index contributed by atoms with van der Waals surface area (Å²) < 4.78 is 0. The third-order valence-corrected chi connectivity index (χ3v) is 3.51.